The van der Waals surface area contributed by atoms with Crippen molar-refractivity contribution >= 4 is 22.5 Å². The zero-order valence-electron chi connectivity index (χ0n) is 18.7. The molecule has 0 radical (unpaired) electrons. The quantitative estimate of drug-likeness (QED) is 0.676. The topological polar surface area (TPSA) is 71.0 Å². The lowest BCUT2D eigenvalue weighted by Gasteiger charge is -2.38. The second-order valence-electron chi connectivity index (χ2n) is 8.66. The van der Waals surface area contributed by atoms with Gasteiger partial charge in [-0.3, -0.25) is 0 Å². The Morgan fingerprint density at radius 2 is 1.59 bits per heavy atom. The van der Waals surface area contributed by atoms with Crippen molar-refractivity contribution < 1.29 is 14.6 Å². The minimum atomic E-state index is 0.0369. The van der Waals surface area contributed by atoms with Gasteiger partial charge >= 0.3 is 0 Å². The molecule has 32 heavy (non-hydrogen) atoms. The van der Waals surface area contributed by atoms with Crippen LogP contribution in [0.2, 0.25) is 0 Å². The van der Waals surface area contributed by atoms with Crippen molar-refractivity contribution in [3.05, 3.63) is 48.0 Å². The van der Waals surface area contributed by atoms with E-state index in [1.807, 2.05) is 24.3 Å². The van der Waals surface area contributed by atoms with Crippen molar-refractivity contribution in [1.29, 1.82) is 0 Å². The summed E-state index contributed by atoms with van der Waals surface area (Å²) in [5.74, 6) is 0.947. The van der Waals surface area contributed by atoms with Gasteiger partial charge in [0.25, 0.3) is 0 Å². The largest absolute Gasteiger partial charge is 0.392 e. The van der Waals surface area contributed by atoms with Gasteiger partial charge in [-0.1, -0.05) is 24.3 Å². The Balaban J connectivity index is 1.63. The molecule has 2 atom stereocenters. The summed E-state index contributed by atoms with van der Waals surface area (Å²) < 4.78 is 11.3. The number of morpholine rings is 2. The highest BCUT2D eigenvalue weighted by Crippen LogP contribution is 2.34. The van der Waals surface area contributed by atoms with Gasteiger partial charge < -0.3 is 24.4 Å². The number of aliphatic hydroxyl groups is 1. The van der Waals surface area contributed by atoms with Gasteiger partial charge in [-0.15, -0.1) is 0 Å². The third kappa shape index (κ3) is 4.03. The first kappa shape index (κ1) is 21.1. The highest BCUT2D eigenvalue weighted by molar-refractivity contribution is 5.93. The van der Waals surface area contributed by atoms with Gasteiger partial charge in [0.05, 0.1) is 50.5 Å². The van der Waals surface area contributed by atoms with Gasteiger partial charge in [0.2, 0.25) is 0 Å². The Labute approximate surface area is 188 Å². The van der Waals surface area contributed by atoms with Crippen LogP contribution in [-0.2, 0) is 16.1 Å². The minimum absolute atomic E-state index is 0.0369. The SMILES string of the molecule is CC1COCCN1c1cc(N2CCOCC2C)c2ccc(-c3ccc(CO)cc3)nc2n1. The Kier molecular flexibility index (Phi) is 5.95. The highest BCUT2D eigenvalue weighted by Gasteiger charge is 2.26. The molecule has 2 aliphatic rings. The first-order chi connectivity index (χ1) is 15.6. The van der Waals surface area contributed by atoms with Gasteiger partial charge in [-0.2, -0.15) is 0 Å². The summed E-state index contributed by atoms with van der Waals surface area (Å²) >= 11 is 0. The fourth-order valence-electron chi connectivity index (χ4n) is 4.55. The lowest BCUT2D eigenvalue weighted by atomic mass is 10.1. The van der Waals surface area contributed by atoms with Crippen LogP contribution in [0.5, 0.6) is 0 Å². The Hall–Kier alpha value is -2.74. The molecule has 2 aromatic heterocycles. The first-order valence-electron chi connectivity index (χ1n) is 11.3. The van der Waals surface area contributed by atoms with Gasteiger partial charge in [-0.25, -0.2) is 9.97 Å². The molecule has 2 saturated heterocycles. The van der Waals surface area contributed by atoms with Crippen molar-refractivity contribution in [2.24, 2.45) is 0 Å². The Morgan fingerprint density at radius 1 is 0.906 bits per heavy atom. The monoisotopic (exact) mass is 434 g/mol. The molecule has 3 aromatic rings. The number of pyridine rings is 2. The summed E-state index contributed by atoms with van der Waals surface area (Å²) in [4.78, 5) is 14.7. The predicted molar refractivity (Wildman–Crippen MR) is 126 cm³/mol. The molecule has 0 spiro atoms. The maximum Gasteiger partial charge on any atom is 0.164 e. The van der Waals surface area contributed by atoms with E-state index < -0.39 is 0 Å². The number of rotatable bonds is 4. The van der Waals surface area contributed by atoms with Gasteiger partial charge in [-0.05, 0) is 31.5 Å². The van der Waals surface area contributed by atoms with Crippen molar-refractivity contribution in [2.75, 3.05) is 49.3 Å². The molecule has 168 valence electrons. The van der Waals surface area contributed by atoms with Crippen molar-refractivity contribution in [2.45, 2.75) is 32.5 Å². The number of fused-ring (bicyclic) bond motifs is 1. The van der Waals surface area contributed by atoms with Crippen LogP contribution in [0, 0.1) is 0 Å². The van der Waals surface area contributed by atoms with E-state index in [1.165, 1.54) is 0 Å². The van der Waals surface area contributed by atoms with E-state index in [1.54, 1.807) is 0 Å². The summed E-state index contributed by atoms with van der Waals surface area (Å²) in [7, 11) is 0. The number of ether oxygens (including phenoxy) is 2. The van der Waals surface area contributed by atoms with Crippen LogP contribution in [0.15, 0.2) is 42.5 Å². The Morgan fingerprint density at radius 3 is 2.25 bits per heavy atom. The van der Waals surface area contributed by atoms with Crippen molar-refractivity contribution in [1.82, 2.24) is 9.97 Å². The molecule has 0 amide bonds. The van der Waals surface area contributed by atoms with E-state index >= 15 is 0 Å². The molecule has 2 unspecified atom stereocenters. The van der Waals surface area contributed by atoms with Crippen LogP contribution < -0.4 is 9.80 Å². The molecule has 4 heterocycles. The zero-order chi connectivity index (χ0) is 22.1. The zero-order valence-corrected chi connectivity index (χ0v) is 18.7. The number of hydrogen-bond donors (Lipinski definition) is 1. The van der Waals surface area contributed by atoms with Crippen molar-refractivity contribution in [3.8, 4) is 11.3 Å². The molecule has 5 rings (SSSR count). The van der Waals surface area contributed by atoms with Crippen LogP contribution in [0.3, 0.4) is 0 Å². The molecule has 7 heteroatoms. The molecule has 0 bridgehead atoms. The third-order valence-corrected chi connectivity index (χ3v) is 6.41. The van der Waals surface area contributed by atoms with Crippen LogP contribution in [-0.4, -0.2) is 66.7 Å². The Bertz CT molecular complexity index is 1090. The van der Waals surface area contributed by atoms with E-state index in [2.05, 4.69) is 41.8 Å². The standard InChI is InChI=1S/C25H30N4O3/c1-17-15-31-11-9-28(17)23-13-24(29-10-12-32-16-18(29)2)27-25-21(23)7-8-22(26-25)20-5-3-19(14-30)4-6-20/h3-8,13,17-18,30H,9-12,14-16H2,1-2H3. The maximum absolute atomic E-state index is 9.34. The number of aliphatic hydroxyl groups excluding tert-OH is 1. The van der Waals surface area contributed by atoms with Gasteiger partial charge in [0, 0.05) is 36.1 Å². The smallest absolute Gasteiger partial charge is 0.164 e. The second kappa shape index (κ2) is 9.02. The first-order valence-corrected chi connectivity index (χ1v) is 11.3. The van der Waals surface area contributed by atoms with Crippen molar-refractivity contribution in [3.63, 3.8) is 0 Å². The summed E-state index contributed by atoms with van der Waals surface area (Å²) in [6.07, 6.45) is 0. The highest BCUT2D eigenvalue weighted by atomic mass is 16.5. The maximum atomic E-state index is 9.34. The van der Waals surface area contributed by atoms with Crippen LogP contribution in [0.1, 0.15) is 19.4 Å². The van der Waals surface area contributed by atoms with Crippen LogP contribution in [0.25, 0.3) is 22.3 Å². The van der Waals surface area contributed by atoms with Gasteiger partial charge in [0.15, 0.2) is 5.65 Å². The van der Waals surface area contributed by atoms with E-state index in [0.29, 0.717) is 13.2 Å². The molecular formula is C25H30N4O3. The number of aromatic nitrogens is 2. The molecule has 2 aliphatic heterocycles. The lowest BCUT2D eigenvalue weighted by molar-refractivity contribution is 0.0981. The molecule has 7 nitrogen and oxygen atoms in total. The average Bonchev–Trinajstić information content (AvgIpc) is 2.84. The molecule has 1 aromatic carbocycles. The number of anilines is 2. The molecule has 2 fully saturated rings. The minimum Gasteiger partial charge on any atom is -0.392 e. The summed E-state index contributed by atoms with van der Waals surface area (Å²) in [5, 5.41) is 10.4. The second-order valence-corrected chi connectivity index (χ2v) is 8.66. The molecular weight excluding hydrogens is 404 g/mol. The fraction of sp³-hybridized carbons (Fsp3) is 0.440. The molecule has 0 aliphatic carbocycles. The van der Waals surface area contributed by atoms with Crippen LogP contribution in [0.4, 0.5) is 11.5 Å². The average molecular weight is 435 g/mol. The molecule has 1 N–H and O–H groups in total. The fourth-order valence-corrected chi connectivity index (χ4v) is 4.55. The molecule has 0 saturated carbocycles. The van der Waals surface area contributed by atoms with E-state index in [9.17, 15) is 5.11 Å². The van der Waals surface area contributed by atoms with E-state index in [-0.39, 0.29) is 18.7 Å². The van der Waals surface area contributed by atoms with E-state index in [0.717, 1.165) is 65.7 Å². The number of hydrogen-bond acceptors (Lipinski definition) is 7. The summed E-state index contributed by atoms with van der Waals surface area (Å²) in [6.45, 7) is 8.93. The van der Waals surface area contributed by atoms with E-state index in [4.69, 9.17) is 19.4 Å². The normalized spacial score (nSPS) is 21.8. The third-order valence-electron chi connectivity index (χ3n) is 6.41. The predicted octanol–water partition coefficient (Wildman–Crippen LogP) is 3.24. The van der Waals surface area contributed by atoms with Gasteiger partial charge in [0.1, 0.15) is 5.82 Å². The number of nitrogens with zero attached hydrogens (tertiary/aromatic N) is 4. The van der Waals surface area contributed by atoms with Crippen LogP contribution >= 0.6 is 0 Å². The summed E-state index contributed by atoms with van der Waals surface area (Å²) in [6, 6.07) is 14.8. The number of benzene rings is 1. The lowest BCUT2D eigenvalue weighted by Crippen LogP contribution is -2.45. The summed E-state index contributed by atoms with van der Waals surface area (Å²) in [5.41, 5.74) is 4.69.